The van der Waals surface area contributed by atoms with Crippen LogP contribution in [-0.4, -0.2) is 54.9 Å². The number of piperazine rings is 1. The van der Waals surface area contributed by atoms with E-state index < -0.39 is 0 Å². The SMILES string of the molecule is CN1CCN(c2cccc(C(=O)N/N=C3\CCc4c(Cl)ccc(O)c43)c2)CC1. The van der Waals surface area contributed by atoms with Crippen molar-refractivity contribution in [1.82, 2.24) is 10.3 Å². The monoisotopic (exact) mass is 398 g/mol. The molecule has 0 aromatic heterocycles. The number of phenols is 1. The Labute approximate surface area is 169 Å². The summed E-state index contributed by atoms with van der Waals surface area (Å²) < 4.78 is 0. The molecule has 1 aliphatic heterocycles. The van der Waals surface area contributed by atoms with E-state index in [9.17, 15) is 9.90 Å². The number of phenolic OH excluding ortho intramolecular Hbond substituents is 1. The van der Waals surface area contributed by atoms with Crippen LogP contribution in [0.1, 0.15) is 27.9 Å². The summed E-state index contributed by atoms with van der Waals surface area (Å²) in [5, 5.41) is 15.0. The van der Waals surface area contributed by atoms with Gasteiger partial charge in [-0.3, -0.25) is 4.79 Å². The van der Waals surface area contributed by atoms with Gasteiger partial charge in [0.25, 0.3) is 5.91 Å². The Morgan fingerprint density at radius 2 is 1.93 bits per heavy atom. The highest BCUT2D eigenvalue weighted by atomic mass is 35.5. The molecule has 1 aliphatic carbocycles. The second kappa shape index (κ2) is 7.81. The Morgan fingerprint density at radius 3 is 2.71 bits per heavy atom. The van der Waals surface area contributed by atoms with Crippen molar-refractivity contribution in [3.63, 3.8) is 0 Å². The van der Waals surface area contributed by atoms with E-state index in [2.05, 4.69) is 27.4 Å². The number of nitrogens with one attached hydrogen (secondary N) is 1. The molecule has 1 heterocycles. The van der Waals surface area contributed by atoms with Gasteiger partial charge in [-0.2, -0.15) is 5.10 Å². The van der Waals surface area contributed by atoms with E-state index in [1.165, 1.54) is 0 Å². The highest BCUT2D eigenvalue weighted by Gasteiger charge is 2.24. The van der Waals surface area contributed by atoms with Gasteiger partial charge in [-0.05, 0) is 55.8 Å². The maximum absolute atomic E-state index is 12.6. The molecule has 28 heavy (non-hydrogen) atoms. The number of nitrogens with zero attached hydrogens (tertiary/aromatic N) is 3. The van der Waals surface area contributed by atoms with Gasteiger partial charge < -0.3 is 14.9 Å². The number of hydrogen-bond acceptors (Lipinski definition) is 5. The van der Waals surface area contributed by atoms with Crippen molar-refractivity contribution in [2.75, 3.05) is 38.1 Å². The molecule has 1 saturated heterocycles. The normalized spacial score (nSPS) is 18.4. The molecule has 7 heteroatoms. The second-order valence-electron chi connectivity index (χ2n) is 7.26. The number of rotatable bonds is 3. The summed E-state index contributed by atoms with van der Waals surface area (Å²) in [5.41, 5.74) is 6.41. The summed E-state index contributed by atoms with van der Waals surface area (Å²) >= 11 is 6.20. The van der Waals surface area contributed by atoms with Gasteiger partial charge in [-0.25, -0.2) is 5.43 Å². The van der Waals surface area contributed by atoms with Crippen LogP contribution in [0.5, 0.6) is 5.75 Å². The number of amides is 1. The van der Waals surface area contributed by atoms with Gasteiger partial charge in [0.2, 0.25) is 0 Å². The van der Waals surface area contributed by atoms with E-state index in [4.69, 9.17) is 11.6 Å². The molecule has 0 spiro atoms. The first-order valence-corrected chi connectivity index (χ1v) is 9.82. The zero-order valence-electron chi connectivity index (χ0n) is 15.8. The van der Waals surface area contributed by atoms with Crippen LogP contribution in [0.4, 0.5) is 5.69 Å². The van der Waals surface area contributed by atoms with Crippen molar-refractivity contribution in [3.8, 4) is 5.75 Å². The van der Waals surface area contributed by atoms with Crippen molar-refractivity contribution in [2.45, 2.75) is 12.8 Å². The molecule has 2 aromatic rings. The first-order chi connectivity index (χ1) is 13.5. The van der Waals surface area contributed by atoms with Crippen molar-refractivity contribution in [2.24, 2.45) is 5.10 Å². The quantitative estimate of drug-likeness (QED) is 0.780. The zero-order chi connectivity index (χ0) is 19.7. The van der Waals surface area contributed by atoms with Gasteiger partial charge in [-0.1, -0.05) is 17.7 Å². The fourth-order valence-electron chi connectivity index (χ4n) is 3.75. The maximum atomic E-state index is 12.6. The summed E-state index contributed by atoms with van der Waals surface area (Å²) in [6.45, 7) is 3.91. The number of carbonyl (C=O) groups excluding carboxylic acids is 1. The number of hydrazone groups is 1. The topological polar surface area (TPSA) is 68.2 Å². The predicted octanol–water partition coefficient (Wildman–Crippen LogP) is 2.88. The van der Waals surface area contributed by atoms with Crippen LogP contribution in [0.3, 0.4) is 0 Å². The standard InChI is InChI=1S/C21H23ClN4O2/c1-25-9-11-26(12-10-25)15-4-2-3-14(13-15)21(28)24-23-18-7-5-16-17(22)6-8-19(27)20(16)18/h2-4,6,8,13,27H,5,7,9-12H2,1H3,(H,24,28)/b23-18+. The van der Waals surface area contributed by atoms with Gasteiger partial charge in [0.1, 0.15) is 5.75 Å². The number of hydrogen-bond donors (Lipinski definition) is 2. The summed E-state index contributed by atoms with van der Waals surface area (Å²) in [7, 11) is 2.12. The van der Waals surface area contributed by atoms with Crippen molar-refractivity contribution in [3.05, 3.63) is 58.1 Å². The lowest BCUT2D eigenvalue weighted by molar-refractivity contribution is 0.0955. The van der Waals surface area contributed by atoms with E-state index in [1.54, 1.807) is 18.2 Å². The average molecular weight is 399 g/mol. The van der Waals surface area contributed by atoms with E-state index >= 15 is 0 Å². The number of fused-ring (bicyclic) bond motifs is 1. The van der Waals surface area contributed by atoms with Crippen LogP contribution in [-0.2, 0) is 6.42 Å². The predicted molar refractivity (Wildman–Crippen MR) is 112 cm³/mol. The van der Waals surface area contributed by atoms with Gasteiger partial charge in [0.15, 0.2) is 0 Å². The molecule has 2 aromatic carbocycles. The Hall–Kier alpha value is -2.57. The van der Waals surface area contributed by atoms with Crippen molar-refractivity contribution in [1.29, 1.82) is 0 Å². The van der Waals surface area contributed by atoms with Crippen molar-refractivity contribution < 1.29 is 9.90 Å². The summed E-state index contributed by atoms with van der Waals surface area (Å²) in [4.78, 5) is 17.2. The molecule has 146 valence electrons. The minimum atomic E-state index is -0.265. The molecule has 2 N–H and O–H groups in total. The number of aromatic hydroxyl groups is 1. The summed E-state index contributed by atoms with van der Waals surface area (Å²) in [6, 6.07) is 10.8. The highest BCUT2D eigenvalue weighted by molar-refractivity contribution is 6.32. The number of anilines is 1. The molecule has 0 unspecified atom stereocenters. The van der Waals surface area contributed by atoms with E-state index in [1.807, 2.05) is 18.2 Å². The van der Waals surface area contributed by atoms with Crippen LogP contribution in [0.2, 0.25) is 5.02 Å². The number of benzene rings is 2. The van der Waals surface area contributed by atoms with Crippen LogP contribution < -0.4 is 10.3 Å². The van der Waals surface area contributed by atoms with E-state index in [0.29, 0.717) is 34.7 Å². The average Bonchev–Trinajstić information content (AvgIpc) is 3.15. The molecule has 4 rings (SSSR count). The molecule has 0 saturated carbocycles. The van der Waals surface area contributed by atoms with Gasteiger partial charge in [-0.15, -0.1) is 0 Å². The summed E-state index contributed by atoms with van der Waals surface area (Å²) in [5.74, 6) is -0.125. The molecule has 1 fully saturated rings. The molecule has 0 atom stereocenters. The maximum Gasteiger partial charge on any atom is 0.271 e. The van der Waals surface area contributed by atoms with Gasteiger partial charge in [0, 0.05) is 48.0 Å². The molecular formula is C21H23ClN4O2. The smallest absolute Gasteiger partial charge is 0.271 e. The van der Waals surface area contributed by atoms with Crippen LogP contribution >= 0.6 is 11.6 Å². The van der Waals surface area contributed by atoms with Gasteiger partial charge in [0.05, 0.1) is 5.71 Å². The molecule has 0 radical (unpaired) electrons. The lowest BCUT2D eigenvalue weighted by Gasteiger charge is -2.34. The third-order valence-corrected chi connectivity index (χ3v) is 5.76. The fraction of sp³-hybridized carbons (Fsp3) is 0.333. The Bertz CT molecular complexity index is 936. The fourth-order valence-corrected chi connectivity index (χ4v) is 4.00. The first kappa shape index (κ1) is 18.8. The minimum absolute atomic E-state index is 0.141. The Balaban J connectivity index is 1.49. The molecule has 0 bridgehead atoms. The third kappa shape index (κ3) is 3.70. The number of halogens is 1. The van der Waals surface area contributed by atoms with Crippen LogP contribution in [0.25, 0.3) is 0 Å². The minimum Gasteiger partial charge on any atom is -0.507 e. The highest BCUT2D eigenvalue weighted by Crippen LogP contribution is 2.35. The number of likely N-dealkylation sites (N-methyl/N-ethyl adjacent to an activating group) is 1. The molecule has 1 amide bonds. The largest absolute Gasteiger partial charge is 0.507 e. The lowest BCUT2D eigenvalue weighted by atomic mass is 10.1. The summed E-state index contributed by atoms with van der Waals surface area (Å²) in [6.07, 6.45) is 1.34. The van der Waals surface area contributed by atoms with Crippen LogP contribution in [0.15, 0.2) is 41.5 Å². The zero-order valence-corrected chi connectivity index (χ0v) is 16.5. The Kier molecular flexibility index (Phi) is 5.24. The van der Waals surface area contributed by atoms with E-state index in [-0.39, 0.29) is 11.7 Å². The molecule has 6 nitrogen and oxygen atoms in total. The third-order valence-electron chi connectivity index (χ3n) is 5.40. The Morgan fingerprint density at radius 1 is 1.14 bits per heavy atom. The lowest BCUT2D eigenvalue weighted by Crippen LogP contribution is -2.44. The molecular weight excluding hydrogens is 376 g/mol. The van der Waals surface area contributed by atoms with Crippen LogP contribution in [0, 0.1) is 0 Å². The number of carbonyl (C=O) groups is 1. The van der Waals surface area contributed by atoms with Crippen molar-refractivity contribution >= 4 is 28.9 Å². The molecule has 2 aliphatic rings. The first-order valence-electron chi connectivity index (χ1n) is 9.44. The van der Waals surface area contributed by atoms with Gasteiger partial charge >= 0.3 is 0 Å². The second-order valence-corrected chi connectivity index (χ2v) is 7.67. The van der Waals surface area contributed by atoms with E-state index in [0.717, 1.165) is 37.4 Å².